The maximum Gasteiger partial charge on any atom is 0.331 e. The Labute approximate surface area is 155 Å². The number of esters is 1. The lowest BCUT2D eigenvalue weighted by atomic mass is 10.1. The van der Waals surface area contributed by atoms with Gasteiger partial charge in [-0.05, 0) is 31.2 Å². The average Bonchev–Trinajstić information content (AvgIpc) is 2.66. The van der Waals surface area contributed by atoms with Crippen molar-refractivity contribution < 1.29 is 24.0 Å². The summed E-state index contributed by atoms with van der Waals surface area (Å²) in [5.74, 6) is -0.734. The van der Waals surface area contributed by atoms with Gasteiger partial charge in [0.1, 0.15) is 5.75 Å². The summed E-state index contributed by atoms with van der Waals surface area (Å²) < 4.78 is 10.1. The summed E-state index contributed by atoms with van der Waals surface area (Å²) in [7, 11) is 1.51. The fraction of sp³-hybridized carbons (Fsp3) is 0.158. The van der Waals surface area contributed by atoms with E-state index < -0.39 is 22.9 Å². The Bertz CT molecular complexity index is 878. The largest absolute Gasteiger partial charge is 0.497 e. The van der Waals surface area contributed by atoms with Crippen LogP contribution in [-0.4, -0.2) is 30.0 Å². The van der Waals surface area contributed by atoms with E-state index in [2.05, 4.69) is 5.32 Å². The predicted molar refractivity (Wildman–Crippen MR) is 99.3 cm³/mol. The van der Waals surface area contributed by atoms with Gasteiger partial charge in [0.25, 0.3) is 11.6 Å². The van der Waals surface area contributed by atoms with Crippen molar-refractivity contribution >= 4 is 29.3 Å². The molecule has 0 aliphatic rings. The van der Waals surface area contributed by atoms with E-state index in [0.29, 0.717) is 11.4 Å². The first-order valence-corrected chi connectivity index (χ1v) is 7.97. The summed E-state index contributed by atoms with van der Waals surface area (Å²) in [6.45, 7) is 1.42. The van der Waals surface area contributed by atoms with Crippen LogP contribution < -0.4 is 10.1 Å². The molecule has 0 aliphatic heterocycles. The van der Waals surface area contributed by atoms with Gasteiger partial charge in [0, 0.05) is 23.9 Å². The fourth-order valence-corrected chi connectivity index (χ4v) is 2.16. The predicted octanol–water partition coefficient (Wildman–Crippen LogP) is 3.19. The van der Waals surface area contributed by atoms with Crippen LogP contribution in [-0.2, 0) is 14.3 Å². The molecule has 27 heavy (non-hydrogen) atoms. The van der Waals surface area contributed by atoms with Crippen molar-refractivity contribution in [1.82, 2.24) is 0 Å². The van der Waals surface area contributed by atoms with E-state index in [4.69, 9.17) is 9.47 Å². The maximum atomic E-state index is 12.1. The number of amides is 1. The van der Waals surface area contributed by atoms with E-state index in [1.54, 1.807) is 30.3 Å². The normalized spacial score (nSPS) is 11.6. The zero-order valence-electron chi connectivity index (χ0n) is 14.7. The van der Waals surface area contributed by atoms with Crippen molar-refractivity contribution in [2.24, 2.45) is 0 Å². The molecule has 0 aromatic heterocycles. The van der Waals surface area contributed by atoms with Crippen molar-refractivity contribution in [1.29, 1.82) is 0 Å². The zero-order chi connectivity index (χ0) is 19.8. The second-order valence-electron chi connectivity index (χ2n) is 5.45. The Morgan fingerprint density at radius 1 is 1.19 bits per heavy atom. The van der Waals surface area contributed by atoms with Crippen molar-refractivity contribution in [2.75, 3.05) is 12.4 Å². The molecule has 0 fully saturated rings. The van der Waals surface area contributed by atoms with E-state index in [0.717, 1.165) is 6.08 Å². The molecule has 1 atom stereocenters. The van der Waals surface area contributed by atoms with Crippen molar-refractivity contribution in [3.63, 3.8) is 0 Å². The number of rotatable bonds is 7. The van der Waals surface area contributed by atoms with E-state index in [1.165, 1.54) is 38.3 Å². The number of nitro benzene ring substituents is 1. The van der Waals surface area contributed by atoms with E-state index in [9.17, 15) is 19.7 Å². The lowest BCUT2D eigenvalue weighted by molar-refractivity contribution is -0.385. The number of methoxy groups -OCH3 is 1. The minimum Gasteiger partial charge on any atom is -0.497 e. The Hall–Kier alpha value is -3.68. The number of hydrogen-bond donors (Lipinski definition) is 1. The summed E-state index contributed by atoms with van der Waals surface area (Å²) in [6, 6.07) is 12.7. The van der Waals surface area contributed by atoms with E-state index >= 15 is 0 Å². The van der Waals surface area contributed by atoms with Gasteiger partial charge in [-0.3, -0.25) is 14.9 Å². The van der Waals surface area contributed by atoms with Gasteiger partial charge in [0.05, 0.1) is 17.6 Å². The number of nitrogens with zero attached hydrogens (tertiary/aromatic N) is 1. The first kappa shape index (κ1) is 19.6. The number of para-hydroxylation sites is 1. The summed E-state index contributed by atoms with van der Waals surface area (Å²) >= 11 is 0. The van der Waals surface area contributed by atoms with Gasteiger partial charge in [-0.15, -0.1) is 0 Å². The van der Waals surface area contributed by atoms with Gasteiger partial charge in [-0.1, -0.05) is 18.2 Å². The minimum absolute atomic E-state index is 0.134. The molecule has 1 amide bonds. The number of carbonyl (C=O) groups is 2. The number of benzene rings is 2. The third-order valence-electron chi connectivity index (χ3n) is 3.53. The van der Waals surface area contributed by atoms with Gasteiger partial charge in [0.2, 0.25) is 0 Å². The van der Waals surface area contributed by atoms with E-state index in [1.807, 2.05) is 0 Å². The minimum atomic E-state index is -1.06. The molecule has 2 aromatic rings. The number of anilines is 1. The van der Waals surface area contributed by atoms with Crippen molar-refractivity contribution in [2.45, 2.75) is 13.0 Å². The quantitative estimate of drug-likeness (QED) is 0.347. The molecule has 8 heteroatoms. The number of carbonyl (C=O) groups excluding carboxylic acids is 2. The molecule has 0 spiro atoms. The molecule has 0 saturated carbocycles. The van der Waals surface area contributed by atoms with Crippen molar-refractivity contribution in [3.8, 4) is 5.75 Å². The van der Waals surface area contributed by atoms with E-state index in [-0.39, 0.29) is 11.3 Å². The molecule has 0 aliphatic carbocycles. The Balaban J connectivity index is 1.96. The molecule has 1 N–H and O–H groups in total. The monoisotopic (exact) mass is 370 g/mol. The molecule has 0 bridgehead atoms. The van der Waals surface area contributed by atoms with Crippen LogP contribution in [0.15, 0.2) is 54.6 Å². The molecule has 2 aromatic carbocycles. The van der Waals surface area contributed by atoms with Gasteiger partial charge in [0.15, 0.2) is 6.10 Å². The van der Waals surface area contributed by atoms with Crippen LogP contribution in [0.3, 0.4) is 0 Å². The number of nitro groups is 1. The zero-order valence-corrected chi connectivity index (χ0v) is 14.7. The second-order valence-corrected chi connectivity index (χ2v) is 5.45. The summed E-state index contributed by atoms with van der Waals surface area (Å²) in [6.07, 6.45) is 1.25. The molecule has 2 rings (SSSR count). The smallest absolute Gasteiger partial charge is 0.331 e. The highest BCUT2D eigenvalue weighted by Crippen LogP contribution is 2.19. The van der Waals surface area contributed by atoms with Crippen molar-refractivity contribution in [3.05, 3.63) is 70.3 Å². The molecule has 140 valence electrons. The van der Waals surface area contributed by atoms with Crippen LogP contribution in [0.1, 0.15) is 12.5 Å². The Kier molecular flexibility index (Phi) is 6.65. The third-order valence-corrected chi connectivity index (χ3v) is 3.53. The molecule has 0 heterocycles. The summed E-state index contributed by atoms with van der Waals surface area (Å²) in [5.41, 5.74) is 0.621. The van der Waals surface area contributed by atoms with Crippen LogP contribution >= 0.6 is 0 Å². The molecule has 0 unspecified atom stereocenters. The average molecular weight is 370 g/mol. The number of nitrogens with one attached hydrogen (secondary N) is 1. The fourth-order valence-electron chi connectivity index (χ4n) is 2.16. The van der Waals surface area contributed by atoms with Gasteiger partial charge in [-0.2, -0.15) is 0 Å². The van der Waals surface area contributed by atoms with Crippen LogP contribution in [0.5, 0.6) is 5.75 Å². The number of ether oxygens (including phenoxy) is 2. The van der Waals surface area contributed by atoms with Gasteiger partial charge in [-0.25, -0.2) is 4.79 Å². The summed E-state index contributed by atoms with van der Waals surface area (Å²) in [4.78, 5) is 34.4. The molecule has 0 radical (unpaired) electrons. The van der Waals surface area contributed by atoms with Crippen LogP contribution in [0.25, 0.3) is 6.08 Å². The summed E-state index contributed by atoms with van der Waals surface area (Å²) in [5, 5.41) is 13.6. The first-order valence-electron chi connectivity index (χ1n) is 7.97. The molecule has 0 saturated heterocycles. The molecular formula is C19H18N2O6. The Morgan fingerprint density at radius 2 is 1.93 bits per heavy atom. The first-order chi connectivity index (χ1) is 12.9. The lowest BCUT2D eigenvalue weighted by Gasteiger charge is -2.12. The maximum absolute atomic E-state index is 12.1. The highest BCUT2D eigenvalue weighted by molar-refractivity contribution is 5.96. The van der Waals surface area contributed by atoms with Crippen LogP contribution in [0, 0.1) is 10.1 Å². The highest BCUT2D eigenvalue weighted by atomic mass is 16.6. The highest BCUT2D eigenvalue weighted by Gasteiger charge is 2.17. The lowest BCUT2D eigenvalue weighted by Crippen LogP contribution is -2.29. The van der Waals surface area contributed by atoms with Gasteiger partial charge >= 0.3 is 5.97 Å². The molecular weight excluding hydrogens is 352 g/mol. The standard InChI is InChI=1S/C19H18N2O6/c1-13(19(23)20-15-7-5-8-16(12-15)26-2)27-18(22)11-10-14-6-3-4-9-17(14)21(24)25/h3-13H,1-2H3,(H,20,23)/b11-10+/t13-/m1/s1. The second kappa shape index (κ2) is 9.14. The Morgan fingerprint density at radius 3 is 2.63 bits per heavy atom. The van der Waals surface area contributed by atoms with Crippen LogP contribution in [0.2, 0.25) is 0 Å². The third kappa shape index (κ3) is 5.67. The topological polar surface area (TPSA) is 108 Å². The van der Waals surface area contributed by atoms with Crippen LogP contribution in [0.4, 0.5) is 11.4 Å². The number of hydrogen-bond acceptors (Lipinski definition) is 6. The molecule has 8 nitrogen and oxygen atoms in total. The SMILES string of the molecule is COc1cccc(NC(=O)[C@@H](C)OC(=O)/C=C/c2ccccc2[N+](=O)[O-])c1. The van der Waals surface area contributed by atoms with Gasteiger partial charge < -0.3 is 14.8 Å².